The van der Waals surface area contributed by atoms with E-state index in [0.29, 0.717) is 19.6 Å². The van der Waals surface area contributed by atoms with Gasteiger partial charge in [-0.05, 0) is 70.7 Å². The van der Waals surface area contributed by atoms with E-state index >= 15 is 0 Å². The second-order valence-electron chi connectivity index (χ2n) is 9.57. The summed E-state index contributed by atoms with van der Waals surface area (Å²) in [7, 11) is 0. The number of carbonyl (C=O) groups excluding carboxylic acids is 2. The van der Waals surface area contributed by atoms with Crippen LogP contribution in [0.5, 0.6) is 5.75 Å². The normalized spacial score (nSPS) is 11.3. The molecular formula is C28H38N4O4S. The number of carbonyl (C=O) groups is 2. The molecule has 1 aromatic carbocycles. The van der Waals surface area contributed by atoms with Crippen molar-refractivity contribution in [3.05, 3.63) is 48.4 Å². The van der Waals surface area contributed by atoms with Crippen LogP contribution < -0.4 is 10.1 Å². The van der Waals surface area contributed by atoms with Crippen LogP contribution in [0.4, 0.5) is 5.13 Å². The molecule has 2 aromatic heterocycles. The number of unbranched alkanes of at least 4 members (excludes halogenated alkanes) is 3. The van der Waals surface area contributed by atoms with Crippen molar-refractivity contribution in [2.75, 3.05) is 25.1 Å². The van der Waals surface area contributed by atoms with Gasteiger partial charge in [0.25, 0.3) is 0 Å². The number of benzene rings is 1. The van der Waals surface area contributed by atoms with Crippen LogP contribution in [0.2, 0.25) is 0 Å². The Balaban J connectivity index is 1.31. The Bertz CT molecular complexity index is 1090. The van der Waals surface area contributed by atoms with Crippen LogP contribution in [-0.2, 0) is 9.53 Å². The minimum atomic E-state index is -0.431. The minimum Gasteiger partial charge on any atom is -0.494 e. The fourth-order valence-corrected chi connectivity index (χ4v) is 4.55. The Morgan fingerprint density at radius 2 is 1.89 bits per heavy atom. The Hall–Kier alpha value is -3.20. The van der Waals surface area contributed by atoms with Crippen molar-refractivity contribution < 1.29 is 19.1 Å². The van der Waals surface area contributed by atoms with E-state index in [4.69, 9.17) is 9.47 Å². The lowest BCUT2D eigenvalue weighted by atomic mass is 9.87. The molecule has 8 nitrogen and oxygen atoms in total. The number of aromatic nitrogens is 3. The number of ether oxygens (including phenoxy) is 2. The van der Waals surface area contributed by atoms with Crippen LogP contribution in [0.3, 0.4) is 0 Å². The van der Waals surface area contributed by atoms with E-state index in [1.165, 1.54) is 10.9 Å². The van der Waals surface area contributed by atoms with Crippen LogP contribution in [-0.4, -0.2) is 46.2 Å². The van der Waals surface area contributed by atoms with Gasteiger partial charge in [0.1, 0.15) is 12.1 Å². The Morgan fingerprint density at radius 3 is 2.62 bits per heavy atom. The molecule has 0 aliphatic carbocycles. The molecule has 0 saturated carbocycles. The van der Waals surface area contributed by atoms with Crippen molar-refractivity contribution in [1.29, 1.82) is 0 Å². The van der Waals surface area contributed by atoms with Crippen molar-refractivity contribution in [3.63, 3.8) is 0 Å². The first-order chi connectivity index (χ1) is 17.9. The molecule has 200 valence electrons. The summed E-state index contributed by atoms with van der Waals surface area (Å²) >= 11 is 1.58. The predicted molar refractivity (Wildman–Crippen MR) is 147 cm³/mol. The Labute approximate surface area is 223 Å². The molecule has 0 aliphatic rings. The van der Waals surface area contributed by atoms with Crippen molar-refractivity contribution in [2.24, 2.45) is 5.41 Å². The maximum absolute atomic E-state index is 12.0. The largest absolute Gasteiger partial charge is 0.494 e. The maximum Gasteiger partial charge on any atom is 0.311 e. The number of anilines is 1. The van der Waals surface area contributed by atoms with Crippen LogP contribution in [0.25, 0.3) is 11.3 Å². The lowest BCUT2D eigenvalue weighted by Gasteiger charge is -2.21. The van der Waals surface area contributed by atoms with Gasteiger partial charge in [0.05, 0.1) is 24.3 Å². The third-order valence-corrected chi connectivity index (χ3v) is 6.88. The first-order valence-electron chi connectivity index (χ1n) is 13.0. The summed E-state index contributed by atoms with van der Waals surface area (Å²) < 4.78 is 12.6. The van der Waals surface area contributed by atoms with Gasteiger partial charge in [-0.1, -0.05) is 12.8 Å². The summed E-state index contributed by atoms with van der Waals surface area (Å²) in [5, 5.41) is 6.26. The van der Waals surface area contributed by atoms with Crippen molar-refractivity contribution in [3.8, 4) is 17.0 Å². The molecule has 0 aliphatic heterocycles. The van der Waals surface area contributed by atoms with E-state index in [0.717, 1.165) is 67.2 Å². The zero-order valence-electron chi connectivity index (χ0n) is 22.1. The Kier molecular flexibility index (Phi) is 11.1. The number of imidazole rings is 1. The molecule has 9 heteroatoms. The summed E-state index contributed by atoms with van der Waals surface area (Å²) in [6.45, 7) is 7.58. The van der Waals surface area contributed by atoms with Crippen LogP contribution in [0.1, 0.15) is 70.5 Å². The van der Waals surface area contributed by atoms with Gasteiger partial charge in [-0.15, -0.1) is 11.3 Å². The van der Waals surface area contributed by atoms with E-state index in [2.05, 4.69) is 15.3 Å². The number of hydrogen-bond acceptors (Lipinski definition) is 8. The third kappa shape index (κ3) is 9.31. The zero-order chi connectivity index (χ0) is 26.5. The molecule has 3 aromatic rings. The number of esters is 1. The molecule has 3 rings (SSSR count). The van der Waals surface area contributed by atoms with Crippen LogP contribution in [0.15, 0.2) is 48.4 Å². The third-order valence-electron chi connectivity index (χ3n) is 6.08. The van der Waals surface area contributed by atoms with Gasteiger partial charge < -0.3 is 14.8 Å². The number of thiazole rings is 1. The monoisotopic (exact) mass is 526 g/mol. The van der Waals surface area contributed by atoms with E-state index in [9.17, 15) is 9.59 Å². The zero-order valence-corrected chi connectivity index (χ0v) is 22.9. The fourth-order valence-electron chi connectivity index (χ4n) is 3.81. The molecule has 0 bridgehead atoms. The van der Waals surface area contributed by atoms with E-state index < -0.39 is 5.41 Å². The first-order valence-corrected chi connectivity index (χ1v) is 13.9. The molecule has 0 saturated heterocycles. The minimum absolute atomic E-state index is 0.0662. The van der Waals surface area contributed by atoms with Crippen LogP contribution in [0, 0.1) is 5.41 Å². The predicted octanol–water partition coefficient (Wildman–Crippen LogP) is 6.46. The summed E-state index contributed by atoms with van der Waals surface area (Å²) in [5.74, 6) is 0.787. The molecule has 37 heavy (non-hydrogen) atoms. The lowest BCUT2D eigenvalue weighted by molar-refractivity contribution is -0.153. The quantitative estimate of drug-likeness (QED) is 0.169. The molecule has 0 amide bonds. The second kappa shape index (κ2) is 14.5. The summed E-state index contributed by atoms with van der Waals surface area (Å²) in [6, 6.07) is 8.00. The average molecular weight is 527 g/mol. The van der Waals surface area contributed by atoms with Gasteiger partial charge in [0.15, 0.2) is 5.13 Å². The van der Waals surface area contributed by atoms with Crippen molar-refractivity contribution in [1.82, 2.24) is 14.5 Å². The van der Waals surface area contributed by atoms with Gasteiger partial charge in [-0.2, -0.15) is 0 Å². The molecule has 0 fully saturated rings. The highest BCUT2D eigenvalue weighted by molar-refractivity contribution is 7.14. The first kappa shape index (κ1) is 28.4. The number of nitrogens with one attached hydrogen (secondary N) is 1. The van der Waals surface area contributed by atoms with Gasteiger partial charge in [0, 0.05) is 36.3 Å². The van der Waals surface area contributed by atoms with E-state index in [-0.39, 0.29) is 11.9 Å². The summed E-state index contributed by atoms with van der Waals surface area (Å²) in [6.07, 6.45) is 10.8. The summed E-state index contributed by atoms with van der Waals surface area (Å²) in [5.41, 5.74) is 1.54. The van der Waals surface area contributed by atoms with Crippen LogP contribution >= 0.6 is 11.3 Å². The smallest absolute Gasteiger partial charge is 0.311 e. The highest BCUT2D eigenvalue weighted by atomic mass is 32.1. The SMILES string of the molecule is CCOC(=O)C(C)(C)CCCCCOc1ccc(-c2csc(NCCCCC(=O)n3ccnc3)n2)cc1. The molecule has 2 heterocycles. The molecule has 0 radical (unpaired) electrons. The fraction of sp³-hybridized carbons (Fsp3) is 0.500. The van der Waals surface area contributed by atoms with Gasteiger partial charge in [-0.3, -0.25) is 14.2 Å². The molecular weight excluding hydrogens is 488 g/mol. The molecule has 0 unspecified atom stereocenters. The molecule has 1 N–H and O–H groups in total. The van der Waals surface area contributed by atoms with Gasteiger partial charge in [-0.25, -0.2) is 9.97 Å². The van der Waals surface area contributed by atoms with Crippen molar-refractivity contribution >= 4 is 28.3 Å². The topological polar surface area (TPSA) is 95.3 Å². The average Bonchev–Trinajstić information content (AvgIpc) is 3.59. The number of nitrogens with zero attached hydrogens (tertiary/aromatic N) is 3. The standard InChI is InChI=1S/C28H38N4O4S/c1-4-35-26(34)28(2,3)15-7-5-9-19-36-23-13-11-22(12-14-23)24-20-37-27(31-24)30-16-8-6-10-25(33)32-18-17-29-21-32/h11-14,17-18,20-21H,4-10,15-16,19H2,1-3H3,(H,30,31). The number of rotatable bonds is 16. The molecule has 0 atom stereocenters. The van der Waals surface area contributed by atoms with E-state index in [1.54, 1.807) is 23.7 Å². The highest BCUT2D eigenvalue weighted by Crippen LogP contribution is 2.27. The Morgan fingerprint density at radius 1 is 1.08 bits per heavy atom. The lowest BCUT2D eigenvalue weighted by Crippen LogP contribution is -2.26. The van der Waals surface area contributed by atoms with E-state index in [1.807, 2.05) is 50.4 Å². The van der Waals surface area contributed by atoms with Crippen molar-refractivity contribution in [2.45, 2.75) is 65.7 Å². The maximum atomic E-state index is 12.0. The summed E-state index contributed by atoms with van der Waals surface area (Å²) in [4.78, 5) is 32.5. The number of hydrogen-bond donors (Lipinski definition) is 1. The van der Waals surface area contributed by atoms with Gasteiger partial charge >= 0.3 is 5.97 Å². The molecule has 0 spiro atoms. The second-order valence-corrected chi connectivity index (χ2v) is 10.4. The van der Waals surface area contributed by atoms with Gasteiger partial charge in [0.2, 0.25) is 5.91 Å². The highest BCUT2D eigenvalue weighted by Gasteiger charge is 2.28.